The lowest BCUT2D eigenvalue weighted by Crippen LogP contribution is -2.38. The van der Waals surface area contributed by atoms with Gasteiger partial charge in [-0.2, -0.15) is 0 Å². The largest absolute Gasteiger partial charge is 0.481 e. The second-order valence-electron chi connectivity index (χ2n) is 2.50. The first kappa shape index (κ1) is 8.00. The predicted octanol–water partition coefficient (Wildman–Crippen LogP) is -0.866. The maximum Gasteiger partial charge on any atom is 0.321 e. The summed E-state index contributed by atoms with van der Waals surface area (Å²) in [6.45, 7) is 0.466. The van der Waals surface area contributed by atoms with Gasteiger partial charge in [0.1, 0.15) is 6.04 Å². The lowest BCUT2D eigenvalue weighted by Gasteiger charge is -2.09. The van der Waals surface area contributed by atoms with E-state index in [1.165, 1.54) is 0 Å². The van der Waals surface area contributed by atoms with Gasteiger partial charge in [0.25, 0.3) is 0 Å². The fraction of sp³-hybridized carbons (Fsp3) is 0.667. The van der Waals surface area contributed by atoms with Crippen molar-refractivity contribution in [1.82, 2.24) is 5.32 Å². The molecule has 5 heteroatoms. The molecule has 3 N–H and O–H groups in total. The zero-order valence-electron chi connectivity index (χ0n) is 5.78. The third-order valence-corrected chi connectivity index (χ3v) is 1.81. The zero-order chi connectivity index (χ0) is 8.43. The Morgan fingerprint density at radius 3 is 2.27 bits per heavy atom. The van der Waals surface area contributed by atoms with Crippen molar-refractivity contribution in [3.63, 3.8) is 0 Å². The number of carboxylic acid groups (broad SMARTS) is 2. The molecule has 0 bridgehead atoms. The van der Waals surface area contributed by atoms with Crippen LogP contribution in [0.5, 0.6) is 0 Å². The fourth-order valence-electron chi connectivity index (χ4n) is 1.23. The normalized spacial score (nSPS) is 30.2. The summed E-state index contributed by atoms with van der Waals surface area (Å²) in [7, 11) is 0. The van der Waals surface area contributed by atoms with Crippen LogP contribution >= 0.6 is 0 Å². The van der Waals surface area contributed by atoms with E-state index >= 15 is 0 Å². The molecule has 1 aliphatic heterocycles. The topological polar surface area (TPSA) is 86.6 Å². The first-order valence-electron chi connectivity index (χ1n) is 3.32. The second kappa shape index (κ2) is 2.87. The molecule has 5 nitrogen and oxygen atoms in total. The minimum atomic E-state index is -1.09. The van der Waals surface area contributed by atoms with Gasteiger partial charge >= 0.3 is 11.9 Å². The van der Waals surface area contributed by atoms with Crippen LogP contribution in [0.4, 0.5) is 0 Å². The Bertz CT molecular complexity index is 171. The van der Waals surface area contributed by atoms with Crippen molar-refractivity contribution in [2.75, 3.05) is 6.54 Å². The first-order chi connectivity index (χ1) is 5.13. The first-order valence-corrected chi connectivity index (χ1v) is 3.32. The second-order valence-corrected chi connectivity index (χ2v) is 2.50. The van der Waals surface area contributed by atoms with E-state index in [0.717, 1.165) is 0 Å². The predicted molar refractivity (Wildman–Crippen MR) is 35.2 cm³/mol. The van der Waals surface area contributed by atoms with Crippen LogP contribution in [0.2, 0.25) is 0 Å². The van der Waals surface area contributed by atoms with E-state index in [2.05, 4.69) is 5.32 Å². The molecule has 11 heavy (non-hydrogen) atoms. The van der Waals surface area contributed by atoms with E-state index in [9.17, 15) is 9.59 Å². The molecule has 0 spiro atoms. The molecule has 1 heterocycles. The zero-order valence-corrected chi connectivity index (χ0v) is 5.78. The van der Waals surface area contributed by atoms with Crippen molar-refractivity contribution in [1.29, 1.82) is 0 Å². The molecule has 62 valence electrons. The summed E-state index contributed by atoms with van der Waals surface area (Å²) >= 11 is 0. The van der Waals surface area contributed by atoms with E-state index in [-0.39, 0.29) is 0 Å². The molecule has 0 aliphatic carbocycles. The molecule has 0 saturated carbocycles. The number of carbonyl (C=O) groups is 2. The maximum atomic E-state index is 10.4. The molecule has 0 aromatic rings. The fourth-order valence-corrected chi connectivity index (χ4v) is 1.23. The Morgan fingerprint density at radius 2 is 1.91 bits per heavy atom. The van der Waals surface area contributed by atoms with Crippen LogP contribution in [0.3, 0.4) is 0 Å². The monoisotopic (exact) mass is 159 g/mol. The summed E-state index contributed by atoms with van der Waals surface area (Å²) < 4.78 is 0. The average Bonchev–Trinajstić information content (AvgIpc) is 2.32. The smallest absolute Gasteiger partial charge is 0.321 e. The molecular weight excluding hydrogens is 150 g/mol. The van der Waals surface area contributed by atoms with Gasteiger partial charge in [-0.1, -0.05) is 0 Å². The number of carboxylic acids is 2. The highest BCUT2D eigenvalue weighted by atomic mass is 16.4. The third kappa shape index (κ3) is 1.48. The Morgan fingerprint density at radius 1 is 1.27 bits per heavy atom. The van der Waals surface area contributed by atoms with Crippen molar-refractivity contribution in [2.45, 2.75) is 12.5 Å². The standard InChI is InChI=1S/C6H9NO4/c8-5(9)3-1-2-7-4(3)6(10)11/h3-4,7H,1-2H2,(H,8,9)(H,10,11)/t3-,4+/m0/s1. The van der Waals surface area contributed by atoms with E-state index in [0.29, 0.717) is 13.0 Å². The van der Waals surface area contributed by atoms with Gasteiger partial charge in [0.05, 0.1) is 5.92 Å². The van der Waals surface area contributed by atoms with Crippen LogP contribution in [0.1, 0.15) is 6.42 Å². The minimum absolute atomic E-state index is 0.395. The summed E-state index contributed by atoms with van der Waals surface area (Å²) in [6.07, 6.45) is 0.395. The molecule has 2 atom stereocenters. The van der Waals surface area contributed by atoms with Crippen LogP contribution in [-0.4, -0.2) is 34.7 Å². The van der Waals surface area contributed by atoms with Crippen LogP contribution < -0.4 is 5.32 Å². The van der Waals surface area contributed by atoms with Crippen LogP contribution in [0, 0.1) is 5.92 Å². The van der Waals surface area contributed by atoms with Gasteiger partial charge in [-0.25, -0.2) is 0 Å². The highest BCUT2D eigenvalue weighted by molar-refractivity contribution is 5.83. The van der Waals surface area contributed by atoms with Crippen LogP contribution in [-0.2, 0) is 9.59 Å². The Labute approximate surface area is 63.0 Å². The number of aliphatic carboxylic acids is 2. The van der Waals surface area contributed by atoms with Crippen molar-refractivity contribution < 1.29 is 19.8 Å². The van der Waals surface area contributed by atoms with Gasteiger partial charge in [-0.15, -0.1) is 0 Å². The number of hydrogen-bond acceptors (Lipinski definition) is 3. The lowest BCUT2D eigenvalue weighted by atomic mass is 10.0. The van der Waals surface area contributed by atoms with Gasteiger partial charge in [0.15, 0.2) is 0 Å². The molecule has 0 aromatic carbocycles. The average molecular weight is 159 g/mol. The van der Waals surface area contributed by atoms with Gasteiger partial charge in [0, 0.05) is 0 Å². The molecule has 0 unspecified atom stereocenters. The van der Waals surface area contributed by atoms with Crippen LogP contribution in [0.15, 0.2) is 0 Å². The molecule has 1 fully saturated rings. The summed E-state index contributed by atoms with van der Waals surface area (Å²) in [5.74, 6) is -2.90. The summed E-state index contributed by atoms with van der Waals surface area (Å²) in [5.41, 5.74) is 0. The summed E-state index contributed by atoms with van der Waals surface area (Å²) in [6, 6.07) is -0.910. The third-order valence-electron chi connectivity index (χ3n) is 1.81. The SMILES string of the molecule is O=C(O)[C@H]1CCN[C@H]1C(=O)O. The highest BCUT2D eigenvalue weighted by Gasteiger charge is 2.37. The Kier molecular flexibility index (Phi) is 2.09. The number of nitrogens with one attached hydrogen (secondary N) is 1. The molecule has 1 saturated heterocycles. The van der Waals surface area contributed by atoms with Gasteiger partial charge in [0.2, 0.25) is 0 Å². The van der Waals surface area contributed by atoms with Crippen molar-refractivity contribution in [3.8, 4) is 0 Å². The summed E-state index contributed by atoms with van der Waals surface area (Å²) in [4.78, 5) is 20.8. The van der Waals surface area contributed by atoms with Gasteiger partial charge in [-0.3, -0.25) is 9.59 Å². The molecule has 1 aliphatic rings. The van der Waals surface area contributed by atoms with E-state index < -0.39 is 23.9 Å². The van der Waals surface area contributed by atoms with Gasteiger partial charge in [-0.05, 0) is 13.0 Å². The summed E-state index contributed by atoms with van der Waals surface area (Å²) in [5, 5.41) is 19.6. The minimum Gasteiger partial charge on any atom is -0.481 e. The molecular formula is C6H9NO4. The highest BCUT2D eigenvalue weighted by Crippen LogP contribution is 2.15. The lowest BCUT2D eigenvalue weighted by molar-refractivity contribution is -0.149. The number of hydrogen-bond donors (Lipinski definition) is 3. The van der Waals surface area contributed by atoms with Crippen molar-refractivity contribution in [2.24, 2.45) is 5.92 Å². The van der Waals surface area contributed by atoms with Crippen molar-refractivity contribution >= 4 is 11.9 Å². The van der Waals surface area contributed by atoms with Crippen LogP contribution in [0.25, 0.3) is 0 Å². The van der Waals surface area contributed by atoms with E-state index in [4.69, 9.17) is 10.2 Å². The molecule has 0 amide bonds. The quantitative estimate of drug-likeness (QED) is 0.487. The van der Waals surface area contributed by atoms with Crippen molar-refractivity contribution in [3.05, 3.63) is 0 Å². The van der Waals surface area contributed by atoms with E-state index in [1.54, 1.807) is 0 Å². The number of rotatable bonds is 2. The molecule has 1 rings (SSSR count). The Hall–Kier alpha value is -1.10. The Balaban J connectivity index is 2.65. The molecule has 0 aromatic heterocycles. The maximum absolute atomic E-state index is 10.4. The molecule has 0 radical (unpaired) electrons. The van der Waals surface area contributed by atoms with E-state index in [1.807, 2.05) is 0 Å². The van der Waals surface area contributed by atoms with Gasteiger partial charge < -0.3 is 15.5 Å².